The van der Waals surface area contributed by atoms with E-state index in [1.165, 1.54) is 0 Å². The van der Waals surface area contributed by atoms with E-state index in [2.05, 4.69) is 15.9 Å². The van der Waals surface area contributed by atoms with Crippen LogP contribution in [0, 0.1) is 6.92 Å². The van der Waals surface area contributed by atoms with Gasteiger partial charge in [0.05, 0.1) is 11.9 Å². The molecule has 0 aliphatic rings. The van der Waals surface area contributed by atoms with Gasteiger partial charge in [0.2, 0.25) is 0 Å². The quantitative estimate of drug-likeness (QED) is 0.837. The van der Waals surface area contributed by atoms with Gasteiger partial charge < -0.3 is 5.11 Å². The number of Topliss-reactive ketones (excluding diaryl/α,β-unsaturated/α-hetero) is 1. The van der Waals surface area contributed by atoms with Gasteiger partial charge in [-0.05, 0) is 23.6 Å². The summed E-state index contributed by atoms with van der Waals surface area (Å²) in [6.45, 7) is 1.99. The molecule has 1 aromatic rings. The predicted molar refractivity (Wildman–Crippen MR) is 59.6 cm³/mol. The third kappa shape index (κ3) is 2.93. The molecule has 0 fully saturated rings. The Hall–Kier alpha value is -0.670. The summed E-state index contributed by atoms with van der Waals surface area (Å²) in [6.07, 6.45) is 0.435. The second-order valence-corrected chi connectivity index (χ2v) is 3.83. The fourth-order valence-electron chi connectivity index (χ4n) is 1.27. The highest BCUT2D eigenvalue weighted by molar-refractivity contribution is 9.09. The molecule has 0 aromatic heterocycles. The Kier molecular flexibility index (Phi) is 4.29. The van der Waals surface area contributed by atoms with Gasteiger partial charge in [0.25, 0.3) is 0 Å². The average Bonchev–Trinajstić information content (AvgIpc) is 2.21. The molecule has 0 atom stereocenters. The number of hydrogen-bond acceptors (Lipinski definition) is 2. The van der Waals surface area contributed by atoms with Crippen molar-refractivity contribution >= 4 is 21.7 Å². The van der Waals surface area contributed by atoms with Crippen molar-refractivity contribution in [3.63, 3.8) is 0 Å². The zero-order valence-electron chi connectivity index (χ0n) is 8.09. The van der Waals surface area contributed by atoms with Crippen LogP contribution in [0.4, 0.5) is 0 Å². The summed E-state index contributed by atoms with van der Waals surface area (Å²) in [4.78, 5) is 11.2. The van der Waals surface area contributed by atoms with Gasteiger partial charge in [-0.25, -0.2) is 0 Å². The Labute approximate surface area is 92.1 Å². The molecule has 0 unspecified atom stereocenters. The fraction of sp³-hybridized carbons (Fsp3) is 0.364. The maximum atomic E-state index is 11.2. The van der Waals surface area contributed by atoms with E-state index in [-0.39, 0.29) is 12.4 Å². The number of rotatable bonds is 4. The minimum atomic E-state index is 0.0236. The molecule has 1 aromatic carbocycles. The summed E-state index contributed by atoms with van der Waals surface area (Å²) in [6, 6.07) is 5.69. The van der Waals surface area contributed by atoms with Gasteiger partial charge in [-0.1, -0.05) is 34.1 Å². The second-order valence-electron chi connectivity index (χ2n) is 3.27. The largest absolute Gasteiger partial charge is 0.392 e. The van der Waals surface area contributed by atoms with Gasteiger partial charge in [-0.2, -0.15) is 0 Å². The smallest absolute Gasteiger partial charge is 0.147 e. The first-order valence-corrected chi connectivity index (χ1v) is 5.56. The van der Waals surface area contributed by atoms with Crippen molar-refractivity contribution < 1.29 is 9.90 Å². The number of benzene rings is 1. The van der Waals surface area contributed by atoms with Crippen LogP contribution in [0.1, 0.15) is 16.7 Å². The molecule has 76 valence electrons. The SMILES string of the molecule is Cc1ccc(CO)cc1CC(=O)CBr. The van der Waals surface area contributed by atoms with Crippen molar-refractivity contribution in [1.82, 2.24) is 0 Å². The van der Waals surface area contributed by atoms with Crippen LogP contribution in [-0.4, -0.2) is 16.2 Å². The number of aryl methyl sites for hydroxylation is 1. The number of carbonyl (C=O) groups is 1. The predicted octanol–water partition coefficient (Wildman–Crippen LogP) is 1.99. The van der Waals surface area contributed by atoms with Gasteiger partial charge in [-0.3, -0.25) is 4.79 Å². The number of alkyl halides is 1. The summed E-state index contributed by atoms with van der Waals surface area (Å²) < 4.78 is 0. The molecule has 0 amide bonds. The first-order chi connectivity index (χ1) is 6.67. The van der Waals surface area contributed by atoms with E-state index in [1.54, 1.807) is 0 Å². The Bertz CT molecular complexity index is 334. The maximum Gasteiger partial charge on any atom is 0.147 e. The third-order valence-corrected chi connectivity index (χ3v) is 2.76. The Balaban J connectivity index is 2.89. The van der Waals surface area contributed by atoms with E-state index in [9.17, 15) is 4.79 Å². The summed E-state index contributed by atoms with van der Waals surface area (Å²) >= 11 is 3.13. The van der Waals surface area contributed by atoms with Crippen molar-refractivity contribution in [3.05, 3.63) is 34.9 Å². The number of aliphatic hydroxyl groups is 1. The van der Waals surface area contributed by atoms with Crippen molar-refractivity contribution in [1.29, 1.82) is 0 Å². The van der Waals surface area contributed by atoms with Crippen LogP contribution in [0.3, 0.4) is 0 Å². The molecule has 0 spiro atoms. The van der Waals surface area contributed by atoms with E-state index < -0.39 is 0 Å². The molecule has 0 radical (unpaired) electrons. The molecular weight excluding hydrogens is 244 g/mol. The third-order valence-electron chi connectivity index (χ3n) is 2.13. The average molecular weight is 257 g/mol. The molecule has 0 heterocycles. The lowest BCUT2D eigenvalue weighted by Crippen LogP contribution is -2.05. The Morgan fingerprint density at radius 3 is 2.79 bits per heavy atom. The van der Waals surface area contributed by atoms with E-state index in [4.69, 9.17) is 5.11 Å². The number of carbonyl (C=O) groups excluding carboxylic acids is 1. The highest BCUT2D eigenvalue weighted by Crippen LogP contribution is 2.12. The molecular formula is C11H13BrO2. The molecule has 0 saturated carbocycles. The van der Waals surface area contributed by atoms with Crippen LogP contribution in [0.15, 0.2) is 18.2 Å². The number of aliphatic hydroxyl groups excluding tert-OH is 1. The minimum absolute atomic E-state index is 0.0236. The summed E-state index contributed by atoms with van der Waals surface area (Å²) in [7, 11) is 0. The van der Waals surface area contributed by atoms with Gasteiger partial charge in [-0.15, -0.1) is 0 Å². The zero-order chi connectivity index (χ0) is 10.6. The van der Waals surface area contributed by atoms with Crippen molar-refractivity contribution in [2.75, 3.05) is 5.33 Å². The van der Waals surface area contributed by atoms with E-state index in [1.807, 2.05) is 25.1 Å². The lowest BCUT2D eigenvalue weighted by Gasteiger charge is -2.06. The minimum Gasteiger partial charge on any atom is -0.392 e. The van der Waals surface area contributed by atoms with Crippen LogP contribution >= 0.6 is 15.9 Å². The lowest BCUT2D eigenvalue weighted by atomic mass is 10.0. The van der Waals surface area contributed by atoms with Crippen LogP contribution in [0.25, 0.3) is 0 Å². The molecule has 2 nitrogen and oxygen atoms in total. The molecule has 0 aliphatic carbocycles. The maximum absolute atomic E-state index is 11.2. The first-order valence-electron chi connectivity index (χ1n) is 4.44. The van der Waals surface area contributed by atoms with Crippen LogP contribution < -0.4 is 0 Å². The molecule has 0 bridgehead atoms. The van der Waals surface area contributed by atoms with Crippen LogP contribution in [0.5, 0.6) is 0 Å². The van der Waals surface area contributed by atoms with E-state index in [0.29, 0.717) is 11.8 Å². The summed E-state index contributed by atoms with van der Waals surface area (Å²) in [5.74, 6) is 0.156. The highest BCUT2D eigenvalue weighted by atomic mass is 79.9. The first kappa shape index (κ1) is 11.4. The van der Waals surface area contributed by atoms with Gasteiger partial charge in [0.15, 0.2) is 0 Å². The lowest BCUT2D eigenvalue weighted by molar-refractivity contribution is -0.115. The summed E-state index contributed by atoms with van der Waals surface area (Å²) in [5.41, 5.74) is 2.95. The van der Waals surface area contributed by atoms with Gasteiger partial charge >= 0.3 is 0 Å². The highest BCUT2D eigenvalue weighted by Gasteiger charge is 2.05. The fourth-order valence-corrected chi connectivity index (χ4v) is 1.47. The monoisotopic (exact) mass is 256 g/mol. The van der Waals surface area contributed by atoms with Gasteiger partial charge in [0, 0.05) is 6.42 Å². The normalized spacial score (nSPS) is 10.2. The molecule has 14 heavy (non-hydrogen) atoms. The number of hydrogen-bond donors (Lipinski definition) is 1. The van der Waals surface area contributed by atoms with E-state index in [0.717, 1.165) is 16.7 Å². The molecule has 1 N–H and O–H groups in total. The standard InChI is InChI=1S/C11H13BrO2/c1-8-2-3-9(7-13)4-10(8)5-11(14)6-12/h2-4,13H,5-7H2,1H3. The van der Waals surface area contributed by atoms with Crippen LogP contribution in [-0.2, 0) is 17.8 Å². The van der Waals surface area contributed by atoms with E-state index >= 15 is 0 Å². The van der Waals surface area contributed by atoms with Crippen molar-refractivity contribution in [2.45, 2.75) is 20.0 Å². The topological polar surface area (TPSA) is 37.3 Å². The zero-order valence-corrected chi connectivity index (χ0v) is 9.67. The molecule has 1 rings (SSSR count). The van der Waals surface area contributed by atoms with Crippen LogP contribution in [0.2, 0.25) is 0 Å². The summed E-state index contributed by atoms with van der Waals surface area (Å²) in [5, 5.41) is 9.33. The van der Waals surface area contributed by atoms with Crippen molar-refractivity contribution in [2.24, 2.45) is 0 Å². The molecule has 0 saturated heterocycles. The van der Waals surface area contributed by atoms with Gasteiger partial charge in [0.1, 0.15) is 5.78 Å². The Morgan fingerprint density at radius 1 is 1.50 bits per heavy atom. The van der Waals surface area contributed by atoms with Crippen molar-refractivity contribution in [3.8, 4) is 0 Å². The number of halogens is 1. The molecule has 3 heteroatoms. The second kappa shape index (κ2) is 5.27. The molecule has 0 aliphatic heterocycles. The Morgan fingerprint density at radius 2 is 2.21 bits per heavy atom. The number of ketones is 1.